The molecule has 0 radical (unpaired) electrons. The maximum Gasteiger partial charge on any atom is 0.168 e. The van der Waals surface area contributed by atoms with Crippen molar-refractivity contribution in [2.45, 2.75) is 6.10 Å². The van der Waals surface area contributed by atoms with E-state index in [1.165, 1.54) is 0 Å². The van der Waals surface area contributed by atoms with Gasteiger partial charge >= 0.3 is 0 Å². The molecule has 1 N–H and O–H groups in total. The molecule has 1 atom stereocenters. The predicted molar refractivity (Wildman–Crippen MR) is 60.8 cm³/mol. The van der Waals surface area contributed by atoms with Gasteiger partial charge in [0.05, 0.1) is 6.61 Å². The van der Waals surface area contributed by atoms with Gasteiger partial charge in [-0.25, -0.2) is 0 Å². The Morgan fingerprint density at radius 3 is 2.88 bits per heavy atom. The number of hydrogen-bond donors (Lipinski definition) is 1. The summed E-state index contributed by atoms with van der Waals surface area (Å²) in [4.78, 5) is 0. The summed E-state index contributed by atoms with van der Waals surface area (Å²) in [5.41, 5.74) is 0. The molecule has 3 heteroatoms. The second-order valence-electron chi connectivity index (χ2n) is 3.90. The fourth-order valence-corrected chi connectivity index (χ4v) is 1.72. The number of rotatable bonds is 3. The molecule has 0 aromatic heterocycles. The zero-order valence-corrected chi connectivity index (χ0v) is 8.72. The van der Waals surface area contributed by atoms with Crippen LogP contribution in [-0.2, 0) is 4.74 Å². The highest BCUT2D eigenvalue weighted by Crippen LogP contribution is 2.35. The Kier molecular flexibility index (Phi) is 2.18. The van der Waals surface area contributed by atoms with Crippen molar-refractivity contribution in [3.8, 4) is 11.5 Å². The zero-order chi connectivity index (χ0) is 11.0. The van der Waals surface area contributed by atoms with Gasteiger partial charge in [0.15, 0.2) is 11.5 Å². The molecule has 16 heavy (non-hydrogen) atoms. The summed E-state index contributed by atoms with van der Waals surface area (Å²) < 4.78 is 10.7. The van der Waals surface area contributed by atoms with Gasteiger partial charge in [-0.05, 0) is 11.5 Å². The standard InChI is InChI=1S/C13H12O3/c14-12-6-5-9-3-1-2-4-11(9)13(12)16-8-10-7-15-10/h1-6,10,14H,7-8H2. The molecule has 1 unspecified atom stereocenters. The van der Waals surface area contributed by atoms with Gasteiger partial charge in [-0.3, -0.25) is 0 Å². The summed E-state index contributed by atoms with van der Waals surface area (Å²) in [5.74, 6) is 0.730. The average Bonchev–Trinajstić information content (AvgIpc) is 3.12. The van der Waals surface area contributed by atoms with Gasteiger partial charge in [0, 0.05) is 5.39 Å². The van der Waals surface area contributed by atoms with Crippen LogP contribution < -0.4 is 4.74 Å². The SMILES string of the molecule is Oc1ccc2ccccc2c1OCC1CO1. The third kappa shape index (κ3) is 1.70. The molecule has 0 spiro atoms. The van der Waals surface area contributed by atoms with E-state index < -0.39 is 0 Å². The maximum atomic E-state index is 9.78. The van der Waals surface area contributed by atoms with E-state index in [9.17, 15) is 5.11 Å². The number of fused-ring (bicyclic) bond motifs is 1. The summed E-state index contributed by atoms with van der Waals surface area (Å²) in [7, 11) is 0. The van der Waals surface area contributed by atoms with Crippen molar-refractivity contribution in [3.05, 3.63) is 36.4 Å². The molecule has 0 saturated carbocycles. The summed E-state index contributed by atoms with van der Waals surface area (Å²) in [5, 5.41) is 11.8. The fourth-order valence-electron chi connectivity index (χ4n) is 1.72. The Hall–Kier alpha value is -1.74. The number of benzene rings is 2. The lowest BCUT2D eigenvalue weighted by atomic mass is 10.1. The number of ether oxygens (including phenoxy) is 2. The first-order valence-electron chi connectivity index (χ1n) is 5.30. The quantitative estimate of drug-likeness (QED) is 0.800. The molecule has 1 aliphatic heterocycles. The van der Waals surface area contributed by atoms with Crippen LogP contribution in [0.2, 0.25) is 0 Å². The summed E-state index contributed by atoms with van der Waals surface area (Å²) in [6.07, 6.45) is 0.193. The molecule has 82 valence electrons. The van der Waals surface area contributed by atoms with Gasteiger partial charge in [0.25, 0.3) is 0 Å². The molecular weight excluding hydrogens is 204 g/mol. The fraction of sp³-hybridized carbons (Fsp3) is 0.231. The van der Waals surface area contributed by atoms with Crippen LogP contribution in [0.25, 0.3) is 10.8 Å². The molecule has 1 fully saturated rings. The van der Waals surface area contributed by atoms with Crippen molar-refractivity contribution in [2.75, 3.05) is 13.2 Å². The van der Waals surface area contributed by atoms with E-state index in [1.807, 2.05) is 30.3 Å². The molecule has 3 nitrogen and oxygen atoms in total. The minimum Gasteiger partial charge on any atom is -0.504 e. The second kappa shape index (κ2) is 3.68. The van der Waals surface area contributed by atoms with Gasteiger partial charge in [-0.1, -0.05) is 30.3 Å². The Bertz CT molecular complexity index is 518. The molecule has 2 aromatic rings. The third-order valence-corrected chi connectivity index (χ3v) is 2.67. The number of phenolic OH excluding ortho intramolecular Hbond substituents is 1. The average molecular weight is 216 g/mol. The minimum absolute atomic E-state index is 0.180. The van der Waals surface area contributed by atoms with Crippen molar-refractivity contribution < 1.29 is 14.6 Å². The molecule has 1 heterocycles. The van der Waals surface area contributed by atoms with E-state index in [0.717, 1.165) is 17.4 Å². The van der Waals surface area contributed by atoms with Gasteiger partial charge in [-0.2, -0.15) is 0 Å². The summed E-state index contributed by atoms with van der Waals surface area (Å²) in [6, 6.07) is 11.4. The van der Waals surface area contributed by atoms with E-state index in [-0.39, 0.29) is 11.9 Å². The van der Waals surface area contributed by atoms with Crippen LogP contribution in [0.4, 0.5) is 0 Å². The monoisotopic (exact) mass is 216 g/mol. The highest BCUT2D eigenvalue weighted by molar-refractivity contribution is 5.90. The molecule has 3 rings (SSSR count). The van der Waals surface area contributed by atoms with Crippen LogP contribution in [-0.4, -0.2) is 24.4 Å². The first-order valence-corrected chi connectivity index (χ1v) is 5.30. The normalized spacial score (nSPS) is 18.6. The number of epoxide rings is 1. The molecule has 1 saturated heterocycles. The van der Waals surface area contributed by atoms with E-state index in [2.05, 4.69) is 0 Å². The lowest BCUT2D eigenvalue weighted by molar-refractivity contribution is 0.256. The van der Waals surface area contributed by atoms with Crippen LogP contribution >= 0.6 is 0 Å². The van der Waals surface area contributed by atoms with E-state index in [4.69, 9.17) is 9.47 Å². The largest absolute Gasteiger partial charge is 0.504 e. The smallest absolute Gasteiger partial charge is 0.168 e. The van der Waals surface area contributed by atoms with Crippen LogP contribution in [0.15, 0.2) is 36.4 Å². The van der Waals surface area contributed by atoms with E-state index in [1.54, 1.807) is 6.07 Å². The molecule has 0 aliphatic carbocycles. The zero-order valence-electron chi connectivity index (χ0n) is 8.72. The van der Waals surface area contributed by atoms with Crippen LogP contribution in [0, 0.1) is 0 Å². The summed E-state index contributed by atoms with van der Waals surface area (Å²) in [6.45, 7) is 1.26. The van der Waals surface area contributed by atoms with E-state index >= 15 is 0 Å². The highest BCUT2D eigenvalue weighted by Gasteiger charge is 2.24. The van der Waals surface area contributed by atoms with Gasteiger partial charge < -0.3 is 14.6 Å². The van der Waals surface area contributed by atoms with Crippen molar-refractivity contribution in [2.24, 2.45) is 0 Å². The number of hydrogen-bond acceptors (Lipinski definition) is 3. The predicted octanol–water partition coefficient (Wildman–Crippen LogP) is 2.32. The van der Waals surface area contributed by atoms with Crippen molar-refractivity contribution in [1.29, 1.82) is 0 Å². The van der Waals surface area contributed by atoms with Crippen LogP contribution in [0.5, 0.6) is 11.5 Å². The lowest BCUT2D eigenvalue weighted by Crippen LogP contribution is -2.04. The Balaban J connectivity index is 2.01. The van der Waals surface area contributed by atoms with Crippen molar-refractivity contribution in [3.63, 3.8) is 0 Å². The molecular formula is C13H12O3. The lowest BCUT2D eigenvalue weighted by Gasteiger charge is -2.09. The van der Waals surface area contributed by atoms with Crippen LogP contribution in [0.3, 0.4) is 0 Å². The second-order valence-corrected chi connectivity index (χ2v) is 3.90. The first kappa shape index (κ1) is 9.48. The topological polar surface area (TPSA) is 42.0 Å². The molecule has 0 amide bonds. The Morgan fingerprint density at radius 2 is 2.06 bits per heavy atom. The third-order valence-electron chi connectivity index (χ3n) is 2.67. The van der Waals surface area contributed by atoms with Crippen LogP contribution in [0.1, 0.15) is 0 Å². The van der Waals surface area contributed by atoms with Crippen molar-refractivity contribution >= 4 is 10.8 Å². The molecule has 2 aromatic carbocycles. The van der Waals surface area contributed by atoms with Crippen molar-refractivity contribution in [1.82, 2.24) is 0 Å². The van der Waals surface area contributed by atoms with Gasteiger partial charge in [-0.15, -0.1) is 0 Å². The Morgan fingerprint density at radius 1 is 1.25 bits per heavy atom. The number of aromatic hydroxyl groups is 1. The highest BCUT2D eigenvalue weighted by atomic mass is 16.6. The van der Waals surface area contributed by atoms with Gasteiger partial charge in [0.1, 0.15) is 12.7 Å². The minimum atomic E-state index is 0.180. The first-order chi connectivity index (χ1) is 7.84. The summed E-state index contributed by atoms with van der Waals surface area (Å²) >= 11 is 0. The molecule has 1 aliphatic rings. The number of phenols is 1. The Labute approximate surface area is 93.2 Å². The van der Waals surface area contributed by atoms with E-state index in [0.29, 0.717) is 12.4 Å². The molecule has 0 bridgehead atoms. The maximum absolute atomic E-state index is 9.78. The van der Waals surface area contributed by atoms with Gasteiger partial charge in [0.2, 0.25) is 0 Å².